The lowest BCUT2D eigenvalue weighted by Crippen LogP contribution is -1.94. The van der Waals surface area contributed by atoms with Gasteiger partial charge in [-0.1, -0.05) is 0 Å². The van der Waals surface area contributed by atoms with Crippen LogP contribution in [0.25, 0.3) is 10.9 Å². The number of hydrogen-bond acceptors (Lipinski definition) is 4. The summed E-state index contributed by atoms with van der Waals surface area (Å²) < 4.78 is 10.3. The summed E-state index contributed by atoms with van der Waals surface area (Å²) in [6.07, 6.45) is 0. The second-order valence-electron chi connectivity index (χ2n) is 3.15. The fraction of sp³-hybridized carbons (Fsp3) is 0.182. The molecule has 0 fully saturated rings. The lowest BCUT2D eigenvalue weighted by molar-refractivity contribution is 0.345. The molecule has 2 rings (SSSR count). The summed E-state index contributed by atoms with van der Waals surface area (Å²) in [6, 6.07) is 7.37. The Morgan fingerprint density at radius 2 is 1.93 bits per heavy atom. The number of hydrogen-bond donors (Lipinski definition) is 1. The third kappa shape index (κ3) is 1.66. The molecule has 15 heavy (non-hydrogen) atoms. The van der Waals surface area contributed by atoms with Gasteiger partial charge in [-0.05, 0) is 24.3 Å². The number of benzene rings is 1. The molecule has 0 atom stereocenters. The summed E-state index contributed by atoms with van der Waals surface area (Å²) in [6.45, 7) is 0. The van der Waals surface area contributed by atoms with Gasteiger partial charge in [-0.3, -0.25) is 0 Å². The molecule has 0 unspecified atom stereocenters. The van der Waals surface area contributed by atoms with Crippen LogP contribution in [-0.2, 0) is 0 Å². The highest BCUT2D eigenvalue weighted by Gasteiger charge is 2.07. The van der Waals surface area contributed by atoms with Crippen molar-refractivity contribution < 1.29 is 9.47 Å². The Balaban J connectivity index is 2.69. The first-order valence-corrected chi connectivity index (χ1v) is 4.53. The van der Waals surface area contributed by atoms with Gasteiger partial charge in [-0.15, -0.1) is 0 Å². The lowest BCUT2D eigenvalue weighted by atomic mass is 10.2. The van der Waals surface area contributed by atoms with Gasteiger partial charge in [0.05, 0.1) is 19.7 Å². The first-order chi connectivity index (χ1) is 7.24. The maximum Gasteiger partial charge on any atom is 0.257 e. The van der Waals surface area contributed by atoms with E-state index in [-0.39, 0.29) is 0 Å². The first-order valence-electron chi connectivity index (χ1n) is 4.53. The highest BCUT2D eigenvalue weighted by atomic mass is 16.5. The van der Waals surface area contributed by atoms with Crippen LogP contribution < -0.4 is 15.2 Å². The molecule has 1 heterocycles. The number of anilines is 1. The molecule has 0 bridgehead atoms. The molecule has 0 saturated heterocycles. The van der Waals surface area contributed by atoms with Gasteiger partial charge in [0.1, 0.15) is 0 Å². The molecule has 4 heteroatoms. The molecule has 1 aromatic carbocycles. The van der Waals surface area contributed by atoms with Crippen LogP contribution in [0.15, 0.2) is 24.3 Å². The van der Waals surface area contributed by atoms with Crippen molar-refractivity contribution in [2.24, 2.45) is 0 Å². The maximum atomic E-state index is 5.69. The first kappa shape index (κ1) is 9.58. The largest absolute Gasteiger partial charge is 0.491 e. The van der Waals surface area contributed by atoms with Gasteiger partial charge in [0.2, 0.25) is 0 Å². The van der Waals surface area contributed by atoms with Crippen LogP contribution >= 0.6 is 0 Å². The van der Waals surface area contributed by atoms with E-state index in [1.54, 1.807) is 20.3 Å². The highest BCUT2D eigenvalue weighted by Crippen LogP contribution is 2.29. The molecule has 1 aromatic heterocycles. The lowest BCUT2D eigenvalue weighted by Gasteiger charge is -2.07. The minimum absolute atomic E-state index is 0.481. The van der Waals surface area contributed by atoms with E-state index >= 15 is 0 Å². The van der Waals surface area contributed by atoms with Crippen molar-refractivity contribution in [3.8, 4) is 11.6 Å². The van der Waals surface area contributed by atoms with Gasteiger partial charge in [-0.2, -0.15) is 0 Å². The molecular weight excluding hydrogens is 192 g/mol. The topological polar surface area (TPSA) is 57.4 Å². The van der Waals surface area contributed by atoms with Gasteiger partial charge in [0.25, 0.3) is 5.88 Å². The van der Waals surface area contributed by atoms with Crippen molar-refractivity contribution in [2.75, 3.05) is 20.0 Å². The van der Waals surface area contributed by atoms with Crippen molar-refractivity contribution in [2.45, 2.75) is 0 Å². The van der Waals surface area contributed by atoms with Crippen molar-refractivity contribution >= 4 is 16.6 Å². The predicted octanol–water partition coefficient (Wildman–Crippen LogP) is 1.83. The van der Waals surface area contributed by atoms with Gasteiger partial charge in [0.15, 0.2) is 5.75 Å². The fourth-order valence-corrected chi connectivity index (χ4v) is 1.45. The molecule has 0 aliphatic rings. The van der Waals surface area contributed by atoms with Crippen molar-refractivity contribution in [3.05, 3.63) is 24.3 Å². The maximum absolute atomic E-state index is 5.69. The number of nitrogens with zero attached hydrogens (tertiary/aromatic N) is 1. The van der Waals surface area contributed by atoms with E-state index in [1.165, 1.54) is 0 Å². The Labute approximate surface area is 87.6 Å². The Bertz CT molecular complexity index is 497. The number of ether oxygens (including phenoxy) is 2. The van der Waals surface area contributed by atoms with Crippen LogP contribution in [0.5, 0.6) is 11.6 Å². The molecule has 0 radical (unpaired) electrons. The number of methoxy groups -OCH3 is 2. The molecule has 2 aromatic rings. The minimum Gasteiger partial charge on any atom is -0.491 e. The quantitative estimate of drug-likeness (QED) is 0.758. The van der Waals surface area contributed by atoms with E-state index < -0.39 is 0 Å². The van der Waals surface area contributed by atoms with Crippen molar-refractivity contribution in [1.82, 2.24) is 4.98 Å². The zero-order valence-electron chi connectivity index (χ0n) is 8.65. The number of nitrogen functional groups attached to an aromatic ring is 1. The number of pyridine rings is 1. The zero-order chi connectivity index (χ0) is 10.8. The van der Waals surface area contributed by atoms with Crippen LogP contribution in [0, 0.1) is 0 Å². The molecule has 0 aliphatic carbocycles. The monoisotopic (exact) mass is 204 g/mol. The second kappa shape index (κ2) is 3.65. The number of aromatic nitrogens is 1. The molecule has 0 amide bonds. The van der Waals surface area contributed by atoms with Crippen molar-refractivity contribution in [1.29, 1.82) is 0 Å². The average Bonchev–Trinajstić information content (AvgIpc) is 2.27. The van der Waals surface area contributed by atoms with E-state index in [4.69, 9.17) is 15.2 Å². The van der Waals surface area contributed by atoms with E-state index in [0.717, 1.165) is 10.9 Å². The Kier molecular flexibility index (Phi) is 2.33. The Morgan fingerprint density at radius 1 is 1.13 bits per heavy atom. The zero-order valence-corrected chi connectivity index (χ0v) is 8.65. The van der Waals surface area contributed by atoms with E-state index in [0.29, 0.717) is 17.3 Å². The summed E-state index contributed by atoms with van der Waals surface area (Å²) in [5.41, 5.74) is 7.23. The van der Waals surface area contributed by atoms with Crippen LogP contribution in [0.2, 0.25) is 0 Å². The minimum atomic E-state index is 0.481. The Morgan fingerprint density at radius 3 is 2.60 bits per heavy atom. The number of rotatable bonds is 2. The summed E-state index contributed by atoms with van der Waals surface area (Å²) in [7, 11) is 3.14. The molecule has 0 spiro atoms. The number of fused-ring (bicyclic) bond motifs is 1. The summed E-state index contributed by atoms with van der Waals surface area (Å²) in [5.74, 6) is 1.09. The van der Waals surface area contributed by atoms with Gasteiger partial charge < -0.3 is 15.2 Å². The van der Waals surface area contributed by atoms with Gasteiger partial charge in [-0.25, -0.2) is 4.98 Å². The van der Waals surface area contributed by atoms with E-state index in [9.17, 15) is 0 Å². The summed E-state index contributed by atoms with van der Waals surface area (Å²) >= 11 is 0. The van der Waals surface area contributed by atoms with Crippen LogP contribution in [-0.4, -0.2) is 19.2 Å². The van der Waals surface area contributed by atoms with Gasteiger partial charge >= 0.3 is 0 Å². The summed E-state index contributed by atoms with van der Waals surface area (Å²) in [5, 5.41) is 0.938. The van der Waals surface area contributed by atoms with Crippen LogP contribution in [0.1, 0.15) is 0 Å². The molecule has 0 aliphatic heterocycles. The average molecular weight is 204 g/mol. The molecule has 4 nitrogen and oxygen atoms in total. The summed E-state index contributed by atoms with van der Waals surface area (Å²) in [4.78, 5) is 4.30. The number of nitrogens with two attached hydrogens (primary N) is 1. The second-order valence-corrected chi connectivity index (χ2v) is 3.15. The SMILES string of the molecule is COc1cc2cc(N)ccc2nc1OC. The molecule has 78 valence electrons. The normalized spacial score (nSPS) is 10.3. The Hall–Kier alpha value is -1.97. The van der Waals surface area contributed by atoms with Crippen LogP contribution in [0.3, 0.4) is 0 Å². The van der Waals surface area contributed by atoms with E-state index in [1.807, 2.05) is 18.2 Å². The highest BCUT2D eigenvalue weighted by molar-refractivity contribution is 5.84. The predicted molar refractivity (Wildman–Crippen MR) is 59.3 cm³/mol. The smallest absolute Gasteiger partial charge is 0.257 e. The van der Waals surface area contributed by atoms with Crippen molar-refractivity contribution in [3.63, 3.8) is 0 Å². The molecule has 2 N–H and O–H groups in total. The third-order valence-corrected chi connectivity index (χ3v) is 2.18. The standard InChI is InChI=1S/C11H12N2O2/c1-14-10-6-7-5-8(12)3-4-9(7)13-11(10)15-2/h3-6H,12H2,1-2H3. The fourth-order valence-electron chi connectivity index (χ4n) is 1.45. The third-order valence-electron chi connectivity index (χ3n) is 2.18. The molecule has 0 saturated carbocycles. The van der Waals surface area contributed by atoms with Gasteiger partial charge in [0, 0.05) is 11.1 Å². The van der Waals surface area contributed by atoms with E-state index in [2.05, 4.69) is 4.98 Å². The molecular formula is C11H12N2O2. The van der Waals surface area contributed by atoms with Crippen LogP contribution in [0.4, 0.5) is 5.69 Å².